The summed E-state index contributed by atoms with van der Waals surface area (Å²) in [6.07, 6.45) is 3.37. The van der Waals surface area contributed by atoms with Gasteiger partial charge in [-0.2, -0.15) is 0 Å². The Labute approximate surface area is 86.7 Å². The molecular formula is C9H13N3OS. The first-order valence-corrected chi connectivity index (χ1v) is 5.61. The lowest BCUT2D eigenvalue weighted by atomic mass is 10.1. The number of nitrogens with zero attached hydrogens (tertiary/aromatic N) is 1. The van der Waals surface area contributed by atoms with E-state index in [1.807, 2.05) is 11.6 Å². The zero-order chi connectivity index (χ0) is 9.80. The Kier molecular flexibility index (Phi) is 3.10. The summed E-state index contributed by atoms with van der Waals surface area (Å²) >= 11 is 1.65. The maximum atomic E-state index is 10.9. The molecule has 2 rings (SSSR count). The van der Waals surface area contributed by atoms with Crippen LogP contribution >= 0.6 is 11.3 Å². The van der Waals surface area contributed by atoms with Gasteiger partial charge in [0.05, 0.1) is 0 Å². The lowest BCUT2D eigenvalue weighted by Crippen LogP contribution is -2.45. The maximum Gasteiger partial charge on any atom is 0.220 e. The summed E-state index contributed by atoms with van der Waals surface area (Å²) in [6.45, 7) is 1.54. The molecule has 1 aliphatic heterocycles. The molecule has 1 atom stereocenters. The molecule has 1 aliphatic rings. The summed E-state index contributed by atoms with van der Waals surface area (Å²) in [5.74, 6) is 0.164. The Morgan fingerprint density at radius 2 is 2.64 bits per heavy atom. The van der Waals surface area contributed by atoms with Crippen LogP contribution in [0.3, 0.4) is 0 Å². The molecule has 0 saturated carbocycles. The predicted molar refractivity (Wildman–Crippen MR) is 55.0 cm³/mol. The van der Waals surface area contributed by atoms with Crippen LogP contribution in [0.4, 0.5) is 0 Å². The molecule has 2 N–H and O–H groups in total. The zero-order valence-corrected chi connectivity index (χ0v) is 8.64. The monoisotopic (exact) mass is 211 g/mol. The Morgan fingerprint density at radius 1 is 1.71 bits per heavy atom. The number of hydrogen-bond acceptors (Lipinski definition) is 4. The van der Waals surface area contributed by atoms with Crippen LogP contribution in [0.1, 0.15) is 17.8 Å². The van der Waals surface area contributed by atoms with Gasteiger partial charge < -0.3 is 10.6 Å². The van der Waals surface area contributed by atoms with Crippen LogP contribution in [0.15, 0.2) is 11.6 Å². The number of piperidine rings is 1. The van der Waals surface area contributed by atoms with Crippen molar-refractivity contribution in [3.63, 3.8) is 0 Å². The molecule has 0 radical (unpaired) electrons. The summed E-state index contributed by atoms with van der Waals surface area (Å²) in [4.78, 5) is 15.1. The molecule has 5 heteroatoms. The lowest BCUT2D eigenvalue weighted by Gasteiger charge is -2.22. The van der Waals surface area contributed by atoms with Gasteiger partial charge in [-0.15, -0.1) is 11.3 Å². The minimum atomic E-state index is 0.164. The fraction of sp³-hybridized carbons (Fsp3) is 0.556. The van der Waals surface area contributed by atoms with E-state index in [4.69, 9.17) is 0 Å². The molecule has 1 unspecified atom stereocenters. The predicted octanol–water partition coefficient (Wildman–Crippen LogP) is 0.511. The van der Waals surface area contributed by atoms with E-state index in [0.29, 0.717) is 12.5 Å². The first kappa shape index (κ1) is 9.61. The van der Waals surface area contributed by atoms with Crippen molar-refractivity contribution in [2.24, 2.45) is 0 Å². The number of thiazole rings is 1. The van der Waals surface area contributed by atoms with Gasteiger partial charge in [0, 0.05) is 37.1 Å². The molecule has 1 fully saturated rings. The third-order valence-electron chi connectivity index (χ3n) is 2.29. The van der Waals surface area contributed by atoms with E-state index in [9.17, 15) is 4.79 Å². The van der Waals surface area contributed by atoms with Gasteiger partial charge in [-0.3, -0.25) is 4.79 Å². The summed E-state index contributed by atoms with van der Waals surface area (Å²) in [5.41, 5.74) is 0. The molecule has 1 aromatic rings. The van der Waals surface area contributed by atoms with Crippen LogP contribution < -0.4 is 10.6 Å². The fourth-order valence-corrected chi connectivity index (χ4v) is 2.05. The minimum absolute atomic E-state index is 0.164. The molecule has 14 heavy (non-hydrogen) atoms. The van der Waals surface area contributed by atoms with Crippen molar-refractivity contribution in [3.8, 4) is 0 Å². The quantitative estimate of drug-likeness (QED) is 0.766. The maximum absolute atomic E-state index is 10.9. The second-order valence-corrected chi connectivity index (χ2v) is 4.33. The van der Waals surface area contributed by atoms with Gasteiger partial charge in [-0.05, 0) is 6.42 Å². The highest BCUT2D eigenvalue weighted by atomic mass is 32.1. The van der Waals surface area contributed by atoms with Crippen molar-refractivity contribution in [1.82, 2.24) is 15.6 Å². The van der Waals surface area contributed by atoms with E-state index in [1.165, 1.54) is 0 Å². The van der Waals surface area contributed by atoms with Gasteiger partial charge in [0.1, 0.15) is 5.01 Å². The standard InChI is InChI=1S/C9H13N3OS/c13-8-2-1-7(5-12-8)11-6-9-10-3-4-14-9/h3-4,7,11H,1-2,5-6H2,(H,12,13). The van der Waals surface area contributed by atoms with E-state index in [2.05, 4.69) is 15.6 Å². The second-order valence-electron chi connectivity index (χ2n) is 3.35. The Morgan fingerprint density at radius 3 is 3.29 bits per heavy atom. The number of hydrogen-bond donors (Lipinski definition) is 2. The van der Waals surface area contributed by atoms with Crippen LogP contribution in [0, 0.1) is 0 Å². The third-order valence-corrected chi connectivity index (χ3v) is 3.07. The van der Waals surface area contributed by atoms with Gasteiger partial charge in [0.2, 0.25) is 5.91 Å². The number of rotatable bonds is 3. The number of nitrogens with one attached hydrogen (secondary N) is 2. The molecule has 0 spiro atoms. The minimum Gasteiger partial charge on any atom is -0.355 e. The van der Waals surface area contributed by atoms with Crippen LogP contribution in [-0.2, 0) is 11.3 Å². The van der Waals surface area contributed by atoms with Crippen molar-refractivity contribution in [2.45, 2.75) is 25.4 Å². The molecule has 4 nitrogen and oxygen atoms in total. The number of aromatic nitrogens is 1. The first-order valence-electron chi connectivity index (χ1n) is 4.73. The van der Waals surface area contributed by atoms with Crippen LogP contribution in [0.5, 0.6) is 0 Å². The van der Waals surface area contributed by atoms with E-state index in [0.717, 1.165) is 24.5 Å². The molecule has 0 aromatic carbocycles. The molecular weight excluding hydrogens is 198 g/mol. The van der Waals surface area contributed by atoms with Crippen LogP contribution in [0.25, 0.3) is 0 Å². The average molecular weight is 211 g/mol. The molecule has 1 amide bonds. The van der Waals surface area contributed by atoms with Crippen molar-refractivity contribution in [2.75, 3.05) is 6.54 Å². The summed E-state index contributed by atoms with van der Waals surface area (Å²) < 4.78 is 0. The Hall–Kier alpha value is -0.940. The second kappa shape index (κ2) is 4.52. The van der Waals surface area contributed by atoms with Crippen LogP contribution in [0.2, 0.25) is 0 Å². The van der Waals surface area contributed by atoms with Gasteiger partial charge >= 0.3 is 0 Å². The molecule has 1 aromatic heterocycles. The highest BCUT2D eigenvalue weighted by Gasteiger charge is 2.17. The van der Waals surface area contributed by atoms with Crippen molar-refractivity contribution >= 4 is 17.2 Å². The molecule has 0 bridgehead atoms. The van der Waals surface area contributed by atoms with E-state index >= 15 is 0 Å². The Balaban J connectivity index is 1.73. The van der Waals surface area contributed by atoms with Gasteiger partial charge in [0.15, 0.2) is 0 Å². The topological polar surface area (TPSA) is 54.0 Å². The lowest BCUT2D eigenvalue weighted by molar-refractivity contribution is -0.122. The highest BCUT2D eigenvalue weighted by Crippen LogP contribution is 2.06. The summed E-state index contributed by atoms with van der Waals surface area (Å²) in [6, 6.07) is 0.400. The SMILES string of the molecule is O=C1CCC(NCc2nccs2)CN1. The van der Waals surface area contributed by atoms with E-state index < -0.39 is 0 Å². The summed E-state index contributed by atoms with van der Waals surface area (Å²) in [5, 5.41) is 9.29. The average Bonchev–Trinajstić information content (AvgIpc) is 2.70. The van der Waals surface area contributed by atoms with Crippen molar-refractivity contribution < 1.29 is 4.79 Å². The molecule has 2 heterocycles. The van der Waals surface area contributed by atoms with Crippen LogP contribution in [-0.4, -0.2) is 23.5 Å². The van der Waals surface area contributed by atoms with Gasteiger partial charge in [-0.1, -0.05) is 0 Å². The summed E-state index contributed by atoms with van der Waals surface area (Å²) in [7, 11) is 0. The molecule has 1 saturated heterocycles. The number of carbonyl (C=O) groups is 1. The molecule has 76 valence electrons. The fourth-order valence-electron chi connectivity index (χ4n) is 1.48. The zero-order valence-electron chi connectivity index (χ0n) is 7.82. The highest BCUT2D eigenvalue weighted by molar-refractivity contribution is 7.09. The van der Waals surface area contributed by atoms with E-state index in [-0.39, 0.29) is 5.91 Å². The van der Waals surface area contributed by atoms with Gasteiger partial charge in [0.25, 0.3) is 0 Å². The van der Waals surface area contributed by atoms with Gasteiger partial charge in [-0.25, -0.2) is 4.98 Å². The largest absolute Gasteiger partial charge is 0.355 e. The Bertz CT molecular complexity index is 289. The number of carbonyl (C=O) groups excluding carboxylic acids is 1. The normalized spacial score (nSPS) is 22.0. The third kappa shape index (κ3) is 2.52. The van der Waals surface area contributed by atoms with Crippen molar-refractivity contribution in [3.05, 3.63) is 16.6 Å². The van der Waals surface area contributed by atoms with E-state index in [1.54, 1.807) is 11.3 Å². The first-order chi connectivity index (χ1) is 6.84. The number of amides is 1. The van der Waals surface area contributed by atoms with Crippen molar-refractivity contribution in [1.29, 1.82) is 0 Å². The molecule has 0 aliphatic carbocycles. The smallest absolute Gasteiger partial charge is 0.220 e.